The van der Waals surface area contributed by atoms with Gasteiger partial charge in [-0.15, -0.1) is 0 Å². The smallest absolute Gasteiger partial charge is 0.330 e. The number of hydrogen-bond acceptors (Lipinski definition) is 10. The number of H-pyrrole nitrogens is 1. The van der Waals surface area contributed by atoms with Crippen molar-refractivity contribution in [2.24, 2.45) is 0 Å². The molecule has 5 atom stereocenters. The molecular formula is C22H32N3O9PS. The summed E-state index contributed by atoms with van der Waals surface area (Å²) < 4.78 is 23.7. The number of rotatable bonds is 14. The van der Waals surface area contributed by atoms with Gasteiger partial charge in [-0.05, 0) is 51.6 Å². The van der Waals surface area contributed by atoms with Crippen LogP contribution in [0.5, 0.6) is 5.75 Å². The molecule has 0 spiro atoms. The number of ether oxygens (including phenoxy) is 2. The first-order valence-corrected chi connectivity index (χ1v) is 13.8. The lowest BCUT2D eigenvalue weighted by Crippen LogP contribution is -2.40. The number of benzene rings is 1. The van der Waals surface area contributed by atoms with E-state index in [2.05, 4.69) is 10.1 Å². The van der Waals surface area contributed by atoms with Gasteiger partial charge in [0.25, 0.3) is 5.56 Å². The molecule has 2 rings (SSSR count). The van der Waals surface area contributed by atoms with Crippen LogP contribution in [-0.2, 0) is 30.6 Å². The van der Waals surface area contributed by atoms with Crippen LogP contribution >= 0.6 is 6.64 Å². The minimum Gasteiger partial charge on any atom is -0.462 e. The highest BCUT2D eigenvalue weighted by Crippen LogP contribution is 2.45. The first-order chi connectivity index (χ1) is 16.9. The van der Waals surface area contributed by atoms with E-state index in [1.54, 1.807) is 51.1 Å². The van der Waals surface area contributed by atoms with Gasteiger partial charge in [-0.2, -0.15) is 0 Å². The first-order valence-electron chi connectivity index (χ1n) is 11.2. The number of para-hydroxylation sites is 1. The van der Waals surface area contributed by atoms with Gasteiger partial charge in [-0.3, -0.25) is 19.1 Å². The number of aliphatic hydroxyl groups is 2. The van der Waals surface area contributed by atoms with E-state index in [9.17, 15) is 24.6 Å². The average molecular weight is 546 g/mol. The summed E-state index contributed by atoms with van der Waals surface area (Å²) in [5.74, 6) is -0.166. The van der Waals surface area contributed by atoms with E-state index in [1.165, 1.54) is 6.92 Å². The largest absolute Gasteiger partial charge is 0.462 e. The van der Waals surface area contributed by atoms with Gasteiger partial charge in [-0.25, -0.2) is 9.88 Å². The molecule has 14 heteroatoms. The molecule has 1 aromatic carbocycles. The van der Waals surface area contributed by atoms with Crippen molar-refractivity contribution in [2.45, 2.75) is 58.3 Å². The summed E-state index contributed by atoms with van der Waals surface area (Å²) in [7, 11) is 0. The number of aliphatic hydroxyl groups excluding tert-OH is 2. The normalized spacial score (nSPS) is 16.5. The Bertz CT molecular complexity index is 1140. The number of aromatic nitrogens is 2. The molecule has 0 aliphatic rings. The van der Waals surface area contributed by atoms with Gasteiger partial charge in [0, 0.05) is 12.3 Å². The SMILES string of the molecule is CC(C)OC(=O)[C@H](C)NP(=S)(OC[C@@H](O[C@H](CO)n1ccc(=O)[nH]c1=O)[C@H](C)O)Oc1ccccc1. The summed E-state index contributed by atoms with van der Waals surface area (Å²) in [5.41, 5.74) is -1.42. The molecule has 0 fully saturated rings. The molecule has 0 saturated heterocycles. The van der Waals surface area contributed by atoms with Gasteiger partial charge in [0.2, 0.25) is 0 Å². The van der Waals surface area contributed by atoms with Gasteiger partial charge in [-0.1, -0.05) is 18.2 Å². The summed E-state index contributed by atoms with van der Waals surface area (Å²) in [6.45, 7) is 2.03. The van der Waals surface area contributed by atoms with Crippen LogP contribution in [0.3, 0.4) is 0 Å². The summed E-state index contributed by atoms with van der Waals surface area (Å²) in [6, 6.07) is 8.81. The zero-order chi connectivity index (χ0) is 26.9. The predicted molar refractivity (Wildman–Crippen MR) is 135 cm³/mol. The highest BCUT2D eigenvalue weighted by Gasteiger charge is 2.31. The van der Waals surface area contributed by atoms with Gasteiger partial charge < -0.3 is 28.7 Å². The van der Waals surface area contributed by atoms with E-state index in [0.717, 1.165) is 16.8 Å². The second-order valence-electron chi connectivity index (χ2n) is 8.10. The number of carbonyl (C=O) groups is 1. The molecule has 0 aliphatic heterocycles. The highest BCUT2D eigenvalue weighted by atomic mass is 32.5. The first kappa shape index (κ1) is 29.8. The Hall–Kier alpha value is -2.38. The van der Waals surface area contributed by atoms with Crippen molar-refractivity contribution < 1.29 is 33.5 Å². The summed E-state index contributed by atoms with van der Waals surface area (Å²) in [6.07, 6.45) is -2.62. The van der Waals surface area contributed by atoms with Gasteiger partial charge in [0.1, 0.15) is 17.9 Å². The fraction of sp³-hybridized carbons (Fsp3) is 0.500. The van der Waals surface area contributed by atoms with Crippen LogP contribution in [0.1, 0.15) is 33.9 Å². The Morgan fingerprint density at radius 2 is 1.83 bits per heavy atom. The van der Waals surface area contributed by atoms with E-state index in [-0.39, 0.29) is 12.7 Å². The maximum absolute atomic E-state index is 12.4. The third-order valence-electron chi connectivity index (χ3n) is 4.62. The van der Waals surface area contributed by atoms with Crippen LogP contribution in [-0.4, -0.2) is 63.3 Å². The zero-order valence-electron chi connectivity index (χ0n) is 20.4. The van der Waals surface area contributed by atoms with Crippen LogP contribution in [0.25, 0.3) is 0 Å². The number of esters is 1. The quantitative estimate of drug-likeness (QED) is 0.198. The van der Waals surface area contributed by atoms with E-state index in [4.69, 9.17) is 30.3 Å². The molecule has 12 nitrogen and oxygen atoms in total. The van der Waals surface area contributed by atoms with Gasteiger partial charge in [0.15, 0.2) is 6.23 Å². The lowest BCUT2D eigenvalue weighted by atomic mass is 10.2. The molecule has 0 saturated carbocycles. The molecule has 2 aromatic rings. The summed E-state index contributed by atoms with van der Waals surface area (Å²) in [5, 5.41) is 22.9. The van der Waals surface area contributed by atoms with Crippen molar-refractivity contribution >= 4 is 24.4 Å². The molecule has 0 amide bonds. The molecule has 0 bridgehead atoms. The molecule has 1 heterocycles. The number of nitrogens with zero attached hydrogens (tertiary/aromatic N) is 1. The van der Waals surface area contributed by atoms with Crippen molar-refractivity contribution in [1.82, 2.24) is 14.6 Å². The lowest BCUT2D eigenvalue weighted by Gasteiger charge is -2.30. The molecule has 1 aromatic heterocycles. The van der Waals surface area contributed by atoms with Crippen molar-refractivity contribution in [1.29, 1.82) is 0 Å². The van der Waals surface area contributed by atoms with Gasteiger partial charge in [0.05, 0.1) is 25.4 Å². The van der Waals surface area contributed by atoms with Crippen LogP contribution in [0.2, 0.25) is 0 Å². The molecule has 4 N–H and O–H groups in total. The number of hydrogen-bond donors (Lipinski definition) is 4. The third-order valence-corrected chi connectivity index (χ3v) is 7.12. The molecule has 200 valence electrons. The van der Waals surface area contributed by atoms with Crippen LogP contribution < -0.4 is 20.9 Å². The maximum atomic E-state index is 12.4. The number of nitrogens with one attached hydrogen (secondary N) is 2. The number of carbonyl (C=O) groups excluding carboxylic acids is 1. The highest BCUT2D eigenvalue weighted by molar-refractivity contribution is 8.09. The van der Waals surface area contributed by atoms with E-state index in [0.29, 0.717) is 5.75 Å². The fourth-order valence-corrected chi connectivity index (χ4v) is 5.27. The average Bonchev–Trinajstić information content (AvgIpc) is 2.79. The molecule has 0 radical (unpaired) electrons. The number of aromatic amines is 1. The standard InChI is InChI=1S/C22H32N3O9PS/c1-14(2)32-21(29)15(3)24-35(36,34-17-8-6-5-7-9-17)31-13-18(16(4)27)33-20(12-26)25-11-10-19(28)23-22(25)30/h5-11,14-16,18,20,26-27H,12-13H2,1-4H3,(H,24,36)(H,23,28,30)/t15-,16-,18+,20+,35?/m0/s1. The van der Waals surface area contributed by atoms with Crippen molar-refractivity contribution in [3.63, 3.8) is 0 Å². The van der Waals surface area contributed by atoms with Crippen LogP contribution in [0.15, 0.2) is 52.2 Å². The Morgan fingerprint density at radius 3 is 2.39 bits per heavy atom. The predicted octanol–water partition coefficient (Wildman–Crippen LogP) is 1.04. The van der Waals surface area contributed by atoms with E-state index >= 15 is 0 Å². The lowest BCUT2D eigenvalue weighted by molar-refractivity contribution is -0.149. The van der Waals surface area contributed by atoms with Crippen molar-refractivity contribution in [2.75, 3.05) is 13.2 Å². The minimum atomic E-state index is -3.42. The monoisotopic (exact) mass is 545 g/mol. The summed E-state index contributed by atoms with van der Waals surface area (Å²) >= 11 is 5.63. The van der Waals surface area contributed by atoms with Gasteiger partial charge >= 0.3 is 18.3 Å². The zero-order valence-corrected chi connectivity index (χ0v) is 22.1. The second kappa shape index (κ2) is 13.8. The fourth-order valence-electron chi connectivity index (χ4n) is 2.85. The molecule has 0 aliphatic carbocycles. The van der Waals surface area contributed by atoms with E-state index in [1.807, 2.05) is 0 Å². The Balaban J connectivity index is 2.23. The van der Waals surface area contributed by atoms with Crippen LogP contribution in [0.4, 0.5) is 0 Å². The Kier molecular flexibility index (Phi) is 11.4. The third kappa shape index (κ3) is 9.25. The molecule has 1 unspecified atom stereocenters. The van der Waals surface area contributed by atoms with Crippen molar-refractivity contribution in [3.05, 3.63) is 63.4 Å². The minimum absolute atomic E-state index is 0.324. The maximum Gasteiger partial charge on any atom is 0.330 e. The Morgan fingerprint density at radius 1 is 1.17 bits per heavy atom. The Labute approximate surface area is 213 Å². The van der Waals surface area contributed by atoms with Crippen molar-refractivity contribution in [3.8, 4) is 5.75 Å². The van der Waals surface area contributed by atoms with Crippen LogP contribution in [0, 0.1) is 0 Å². The second-order valence-corrected chi connectivity index (χ2v) is 11.2. The summed E-state index contributed by atoms with van der Waals surface area (Å²) in [4.78, 5) is 37.9. The molecular weight excluding hydrogens is 513 g/mol. The topological polar surface area (TPSA) is 161 Å². The van der Waals surface area contributed by atoms with E-state index < -0.39 is 54.9 Å². The molecule has 36 heavy (non-hydrogen) atoms.